The van der Waals surface area contributed by atoms with Gasteiger partial charge in [-0.3, -0.25) is 0 Å². The molecule has 13 heteroatoms. The van der Waals surface area contributed by atoms with Gasteiger partial charge in [-0.25, -0.2) is 0 Å². The van der Waals surface area contributed by atoms with Crippen LogP contribution in [-0.4, -0.2) is 53.6 Å². The maximum atomic E-state index is 10.3. The van der Waals surface area contributed by atoms with Gasteiger partial charge < -0.3 is 0 Å². The van der Waals surface area contributed by atoms with Gasteiger partial charge in [0.2, 0.25) is 0 Å². The molecular formula is H3AsO10Se2. The summed E-state index contributed by atoms with van der Waals surface area (Å²) in [7, 11) is 0. The SMILES string of the molecule is O=[As](O)(O)O[Se](=O)(=O)O[Se](=O)(=O)O. The van der Waals surface area contributed by atoms with E-state index in [0.717, 1.165) is 0 Å². The molecule has 3 N–H and O–H groups in total. The summed E-state index contributed by atoms with van der Waals surface area (Å²) in [5.41, 5.74) is 0. The molecule has 0 rings (SSSR count). The Bertz CT molecular complexity index is 402. The van der Waals surface area contributed by atoms with E-state index in [0.29, 0.717) is 0 Å². The summed E-state index contributed by atoms with van der Waals surface area (Å²) in [6.07, 6.45) is 0. The molecule has 0 heterocycles. The Morgan fingerprint density at radius 3 is 1.69 bits per heavy atom. The first-order valence-corrected chi connectivity index (χ1v) is 11.0. The Morgan fingerprint density at radius 2 is 1.46 bits per heavy atom. The number of hydrogen-bond acceptors (Lipinski definition) is 7. The van der Waals surface area contributed by atoms with Gasteiger partial charge in [0, 0.05) is 0 Å². The van der Waals surface area contributed by atoms with Crippen molar-refractivity contribution in [1.82, 2.24) is 0 Å². The molecule has 0 bridgehead atoms. The van der Waals surface area contributed by atoms with Crippen LogP contribution in [0.5, 0.6) is 0 Å². The van der Waals surface area contributed by atoms with Gasteiger partial charge in [-0.2, -0.15) is 0 Å². The molecule has 0 fully saturated rings. The molecule has 0 saturated heterocycles. The predicted octanol–water partition coefficient (Wildman–Crippen LogP) is -3.54. The third kappa shape index (κ3) is 8.72. The van der Waals surface area contributed by atoms with Crippen LogP contribution in [0.1, 0.15) is 0 Å². The Hall–Kier alpha value is 0.397. The molecule has 0 radical (unpaired) electrons. The molecule has 10 nitrogen and oxygen atoms in total. The topological polar surface area (TPSA) is 164 Å². The Labute approximate surface area is 78.4 Å². The first kappa shape index (κ1) is 13.4. The Balaban J connectivity index is 4.75. The molecule has 80 valence electrons. The first-order chi connectivity index (χ1) is 5.41. The van der Waals surface area contributed by atoms with E-state index >= 15 is 0 Å². The van der Waals surface area contributed by atoms with Gasteiger partial charge in [0.25, 0.3) is 0 Å². The second kappa shape index (κ2) is 3.87. The van der Waals surface area contributed by atoms with Crippen molar-refractivity contribution in [1.29, 1.82) is 0 Å². The van der Waals surface area contributed by atoms with Crippen LogP contribution in [0.3, 0.4) is 0 Å². The maximum absolute atomic E-state index is 10.3. The summed E-state index contributed by atoms with van der Waals surface area (Å²) < 4.78 is 80.1. The molecule has 0 spiro atoms. The van der Waals surface area contributed by atoms with Gasteiger partial charge in [0.05, 0.1) is 0 Å². The molecule has 13 heavy (non-hydrogen) atoms. The van der Waals surface area contributed by atoms with E-state index in [-0.39, 0.29) is 0 Å². The summed E-state index contributed by atoms with van der Waals surface area (Å²) in [5, 5.41) is 0. The van der Waals surface area contributed by atoms with Crippen LogP contribution >= 0.6 is 0 Å². The minimum atomic E-state index is -6.20. The van der Waals surface area contributed by atoms with E-state index in [2.05, 4.69) is 5.71 Å². The van der Waals surface area contributed by atoms with Crippen molar-refractivity contribution >= 4 is 41.3 Å². The van der Waals surface area contributed by atoms with Crippen molar-refractivity contribution < 1.29 is 37.2 Å². The molecule has 0 unspecified atom stereocenters. The van der Waals surface area contributed by atoms with Gasteiger partial charge in [0.15, 0.2) is 0 Å². The summed E-state index contributed by atoms with van der Waals surface area (Å²) in [6, 6.07) is 0. The third-order valence-electron chi connectivity index (χ3n) is 0.358. The van der Waals surface area contributed by atoms with Crippen LogP contribution in [0.4, 0.5) is 0 Å². The van der Waals surface area contributed by atoms with Gasteiger partial charge in [-0.05, 0) is 0 Å². The van der Waals surface area contributed by atoms with Crippen molar-refractivity contribution in [3.05, 3.63) is 0 Å². The molecule has 0 aliphatic heterocycles. The molecule has 0 aromatic rings. The zero-order chi connectivity index (χ0) is 10.9. The summed E-state index contributed by atoms with van der Waals surface area (Å²) in [6.45, 7) is 0. The summed E-state index contributed by atoms with van der Waals surface area (Å²) >= 11 is -18.3. The Kier molecular flexibility index (Phi) is 3.99. The molecule has 0 aromatic carbocycles. The fraction of sp³-hybridized carbons (Fsp3) is 0. The fourth-order valence-corrected chi connectivity index (χ4v) is 7.80. The van der Waals surface area contributed by atoms with Crippen LogP contribution in [0.2, 0.25) is 0 Å². The predicted molar refractivity (Wildman–Crippen MR) is 29.5 cm³/mol. The van der Waals surface area contributed by atoms with Crippen LogP contribution in [0, 0.1) is 0 Å². The summed E-state index contributed by atoms with van der Waals surface area (Å²) in [4.78, 5) is 0. The normalized spacial score (nSPS) is 14.4. The molecule has 0 aliphatic carbocycles. The van der Waals surface area contributed by atoms with Crippen molar-refractivity contribution in [2.75, 3.05) is 0 Å². The van der Waals surface area contributed by atoms with Crippen molar-refractivity contribution in [2.45, 2.75) is 0 Å². The summed E-state index contributed by atoms with van der Waals surface area (Å²) in [5.74, 6) is 0. The number of rotatable bonds is 4. The standard InChI is InChI=1S/AsH3O10Se2/c2-1(3,4)10-13(8,9)11-12(5,6)7/h(H2,2,3,4)(H,5,6,7). The van der Waals surface area contributed by atoms with E-state index in [1.54, 1.807) is 0 Å². The first-order valence-electron chi connectivity index (χ1n) is 2.11. The van der Waals surface area contributed by atoms with Crippen LogP contribution in [-0.2, 0) is 24.8 Å². The number of hydrogen-bond donors (Lipinski definition) is 3. The van der Waals surface area contributed by atoms with Gasteiger partial charge in [-0.15, -0.1) is 0 Å². The van der Waals surface area contributed by atoms with E-state index in [9.17, 15) is 19.1 Å². The fourth-order valence-electron chi connectivity index (χ4n) is 0.237. The van der Waals surface area contributed by atoms with Crippen LogP contribution in [0.25, 0.3) is 0 Å². The second-order valence-electron chi connectivity index (χ2n) is 1.47. The molecule has 0 saturated carbocycles. The second-order valence-corrected chi connectivity index (χ2v) is 10.7. The van der Waals surface area contributed by atoms with E-state index in [4.69, 9.17) is 12.4 Å². The minimum absolute atomic E-state index is 2.95. The quantitative estimate of drug-likeness (QED) is 0.406. The molecule has 0 amide bonds. The average molecular weight is 396 g/mol. The Morgan fingerprint density at radius 1 is 1.08 bits per heavy atom. The molecule has 0 aliphatic rings. The zero-order valence-corrected chi connectivity index (χ0v) is 10.8. The van der Waals surface area contributed by atoms with E-state index < -0.39 is 41.3 Å². The van der Waals surface area contributed by atoms with Crippen molar-refractivity contribution in [3.8, 4) is 0 Å². The third-order valence-corrected chi connectivity index (χ3v) is 9.66. The molecule has 0 atom stereocenters. The van der Waals surface area contributed by atoms with Crippen LogP contribution in [0.15, 0.2) is 0 Å². The van der Waals surface area contributed by atoms with E-state index in [1.165, 1.54) is 0 Å². The average Bonchev–Trinajstić information content (AvgIpc) is 1.43. The van der Waals surface area contributed by atoms with Gasteiger partial charge in [-0.1, -0.05) is 0 Å². The molecule has 0 aromatic heterocycles. The van der Waals surface area contributed by atoms with Gasteiger partial charge >= 0.3 is 78.4 Å². The monoisotopic (exact) mass is 398 g/mol. The van der Waals surface area contributed by atoms with Crippen LogP contribution < -0.4 is 0 Å². The van der Waals surface area contributed by atoms with Gasteiger partial charge in [0.1, 0.15) is 0 Å². The zero-order valence-electron chi connectivity index (χ0n) is 5.46. The van der Waals surface area contributed by atoms with E-state index in [1.807, 2.05) is 0 Å². The van der Waals surface area contributed by atoms with Crippen molar-refractivity contribution in [3.63, 3.8) is 0 Å². The van der Waals surface area contributed by atoms with Crippen molar-refractivity contribution in [2.24, 2.45) is 0 Å². The molecular weight excluding hydrogens is 393 g/mol.